The van der Waals surface area contributed by atoms with Gasteiger partial charge >= 0.3 is 0 Å². The summed E-state index contributed by atoms with van der Waals surface area (Å²) < 4.78 is 0. The van der Waals surface area contributed by atoms with Gasteiger partial charge in [0.1, 0.15) is 71.4 Å². The normalized spacial score (nSPS) is 23.9. The van der Waals surface area contributed by atoms with Gasteiger partial charge in [-0.3, -0.25) is 62.3 Å². The van der Waals surface area contributed by atoms with E-state index < -0.39 is 155 Å². The van der Waals surface area contributed by atoms with E-state index in [-0.39, 0.29) is 92.4 Å². The molecule has 109 heavy (non-hydrogen) atoms. The number of fused-ring (bicyclic) bond motifs is 2. The zero-order valence-corrected chi connectivity index (χ0v) is 61.7. The van der Waals surface area contributed by atoms with Gasteiger partial charge in [0.15, 0.2) is 5.78 Å². The Kier molecular flexibility index (Phi) is 27.7. The van der Waals surface area contributed by atoms with Crippen molar-refractivity contribution < 1.29 is 72.5 Å². The molecule has 12 amide bonds. The number of carbonyl (C=O) groups is 13. The van der Waals surface area contributed by atoms with Gasteiger partial charge < -0.3 is 90.1 Å². The minimum absolute atomic E-state index is 0.0460. The zero-order valence-electron chi connectivity index (χ0n) is 59.2. The summed E-state index contributed by atoms with van der Waals surface area (Å²) >= 11 is 1.02. The smallest absolute Gasteiger partial charge is 0.246 e. The van der Waals surface area contributed by atoms with E-state index >= 15 is 33.6 Å². The van der Waals surface area contributed by atoms with Crippen LogP contribution in [0.1, 0.15) is 59.7 Å². The molecule has 7 aromatic rings. The third-order valence-corrected chi connectivity index (χ3v) is 22.6. The number of hydrogen-bond acceptors (Lipinski definition) is 20. The third-order valence-electron chi connectivity index (χ3n) is 19.1. The SMILES string of the molecule is C[C@@H]1NC(=O)[C@H](CC(N)=O)NC(=O)[C@@H](Cc2c[nH]c3ccccc23)[C@]23CCCN2C(=O)[C@@H](CSCC3=O)NC(=O)[C@@H](Cc2ccccc2)NC(=O)[C@H](Cc2cnc[nH]2)NC(=O)[C@@H](NC(=O)[C@@H](N)Cc2ccc(O)cc2)CSSC[C@@H](C(=O)N[C@@H](Cc2ccc(O)cc2)C(N)=O)NC(=O)[C@H](Cc2ccccc2)NC1=O. The molecule has 3 fully saturated rings. The number of para-hydroxylation sites is 1. The molecule has 2 aromatic heterocycles. The number of imidazole rings is 1. The van der Waals surface area contributed by atoms with E-state index in [1.54, 1.807) is 103 Å². The van der Waals surface area contributed by atoms with Crippen LogP contribution >= 0.6 is 33.3 Å². The lowest BCUT2D eigenvalue weighted by atomic mass is 9.74. The summed E-state index contributed by atoms with van der Waals surface area (Å²) in [5, 5.41) is 44.9. The molecule has 0 unspecified atom stereocenters. The van der Waals surface area contributed by atoms with Gasteiger partial charge in [0.2, 0.25) is 70.9 Å². The number of Topliss-reactive ketones (excluding diaryl/α,β-unsaturated/α-hetero) is 1. The van der Waals surface area contributed by atoms with Gasteiger partial charge in [-0.05, 0) is 90.8 Å². The molecule has 3 aliphatic heterocycles. The van der Waals surface area contributed by atoms with Crippen molar-refractivity contribution in [3.63, 3.8) is 0 Å². The van der Waals surface area contributed by atoms with Crippen LogP contribution in [0.3, 0.4) is 0 Å². The lowest BCUT2D eigenvalue weighted by Crippen LogP contribution is -2.67. The van der Waals surface area contributed by atoms with E-state index in [4.69, 9.17) is 17.2 Å². The van der Waals surface area contributed by atoms with Crippen LogP contribution in [0.15, 0.2) is 152 Å². The van der Waals surface area contributed by atoms with Crippen LogP contribution in [0.25, 0.3) is 10.9 Å². The minimum atomic E-state index is -1.98. The largest absolute Gasteiger partial charge is 0.508 e. The number of aromatic nitrogens is 3. The van der Waals surface area contributed by atoms with Crippen molar-refractivity contribution in [3.8, 4) is 11.5 Å². The van der Waals surface area contributed by atoms with E-state index in [2.05, 4.69) is 62.8 Å². The maximum Gasteiger partial charge on any atom is 0.246 e. The van der Waals surface area contributed by atoms with Crippen molar-refractivity contribution in [2.24, 2.45) is 23.1 Å². The molecule has 12 atom stereocenters. The second-order valence-electron chi connectivity index (χ2n) is 26.9. The Hall–Kier alpha value is -11.2. The average Bonchev–Trinajstić information content (AvgIpc) is 1.64. The molecule has 34 heteroatoms. The van der Waals surface area contributed by atoms with Crippen molar-refractivity contribution in [2.75, 3.05) is 29.6 Å². The number of aromatic amines is 2. The Labute approximate surface area is 638 Å². The van der Waals surface area contributed by atoms with E-state index in [1.165, 1.54) is 60.7 Å². The monoisotopic (exact) mass is 1550 g/mol. The molecule has 3 saturated heterocycles. The maximum absolute atomic E-state index is 15.7. The van der Waals surface area contributed by atoms with Gasteiger partial charge in [-0.1, -0.05) is 125 Å². The van der Waals surface area contributed by atoms with Gasteiger partial charge in [-0.15, -0.1) is 0 Å². The minimum Gasteiger partial charge on any atom is -0.508 e. The first-order valence-electron chi connectivity index (χ1n) is 35.2. The first-order valence-corrected chi connectivity index (χ1v) is 38.9. The Morgan fingerprint density at radius 3 is 1.81 bits per heavy atom. The number of primary amides is 2. The summed E-state index contributed by atoms with van der Waals surface area (Å²) in [4.78, 5) is 203. The number of benzene rings is 5. The number of rotatable bonds is 19. The molecule has 3 aliphatic rings. The van der Waals surface area contributed by atoms with Crippen LogP contribution < -0.4 is 65.1 Å². The van der Waals surface area contributed by atoms with Crippen LogP contribution in [0.4, 0.5) is 0 Å². The van der Waals surface area contributed by atoms with Gasteiger partial charge in [0.25, 0.3) is 0 Å². The molecule has 0 saturated carbocycles. The number of ketones is 1. The first-order chi connectivity index (χ1) is 52.3. The molecule has 10 rings (SSSR count). The number of thioether (sulfide) groups is 1. The lowest BCUT2D eigenvalue weighted by Gasteiger charge is -2.45. The Morgan fingerprint density at radius 2 is 1.17 bits per heavy atom. The molecule has 0 radical (unpaired) electrons. The van der Waals surface area contributed by atoms with Crippen molar-refractivity contribution in [3.05, 3.63) is 186 Å². The molecule has 2 bridgehead atoms. The summed E-state index contributed by atoms with van der Waals surface area (Å²) in [6, 6.07) is 20.4. The summed E-state index contributed by atoms with van der Waals surface area (Å²) in [6.07, 6.45) is 2.45. The van der Waals surface area contributed by atoms with Crippen LogP contribution in [0.5, 0.6) is 11.5 Å². The molecule has 574 valence electrons. The topological polar surface area (TPSA) is 496 Å². The van der Waals surface area contributed by atoms with E-state index in [1.807, 2.05) is 0 Å². The summed E-state index contributed by atoms with van der Waals surface area (Å²) in [5.74, 6) is -14.7. The highest BCUT2D eigenvalue weighted by atomic mass is 33.1. The number of H-pyrrole nitrogens is 2. The van der Waals surface area contributed by atoms with Gasteiger partial charge in [0, 0.05) is 78.5 Å². The van der Waals surface area contributed by atoms with Gasteiger partial charge in [-0.2, -0.15) is 11.8 Å². The predicted octanol–water partition coefficient (Wildman–Crippen LogP) is -0.182. The molecule has 0 aliphatic carbocycles. The fourth-order valence-electron chi connectivity index (χ4n) is 13.4. The lowest BCUT2D eigenvalue weighted by molar-refractivity contribution is -0.152. The highest BCUT2D eigenvalue weighted by molar-refractivity contribution is 8.76. The summed E-state index contributed by atoms with van der Waals surface area (Å²) in [7, 11) is 1.82. The van der Waals surface area contributed by atoms with Crippen molar-refractivity contribution in [1.82, 2.24) is 67.7 Å². The van der Waals surface area contributed by atoms with Crippen molar-refractivity contribution >= 4 is 121 Å². The Balaban J connectivity index is 1.05. The number of phenolic OH excluding ortho intramolecular Hbond substituents is 2. The number of phenols is 2. The van der Waals surface area contributed by atoms with Gasteiger partial charge in [-0.25, -0.2) is 4.98 Å². The highest BCUT2D eigenvalue weighted by Crippen LogP contribution is 2.43. The molecule has 5 aromatic carbocycles. The number of aromatic hydroxyl groups is 2. The number of carbonyl (C=O) groups excluding carboxylic acids is 13. The highest BCUT2D eigenvalue weighted by Gasteiger charge is 2.59. The second kappa shape index (κ2) is 37.5. The summed E-state index contributed by atoms with van der Waals surface area (Å²) in [6.45, 7) is 1.17. The van der Waals surface area contributed by atoms with Crippen LogP contribution in [-0.4, -0.2) is 202 Å². The van der Waals surface area contributed by atoms with E-state index in [0.717, 1.165) is 33.3 Å². The van der Waals surface area contributed by atoms with Gasteiger partial charge in [0.05, 0.1) is 30.5 Å². The maximum atomic E-state index is 15.7. The Bertz CT molecular complexity index is 4450. The van der Waals surface area contributed by atoms with Crippen LogP contribution in [0, 0.1) is 5.92 Å². The van der Waals surface area contributed by atoms with Crippen molar-refractivity contribution in [1.29, 1.82) is 0 Å². The third kappa shape index (κ3) is 21.3. The zero-order chi connectivity index (χ0) is 77.9. The quantitative estimate of drug-likeness (QED) is 0.0467. The molecule has 19 N–H and O–H groups in total. The number of amides is 12. The van der Waals surface area contributed by atoms with E-state index in [0.29, 0.717) is 44.4 Å². The molecule has 31 nitrogen and oxygen atoms in total. The number of nitrogens with one attached hydrogen (secondary N) is 11. The number of nitrogens with zero attached hydrogens (tertiary/aromatic N) is 2. The fraction of sp³-hybridized carbons (Fsp3) is 0.360. The number of hydrogen-bond donors (Lipinski definition) is 16. The molecular formula is C75H86N16O15S3. The van der Waals surface area contributed by atoms with Crippen molar-refractivity contribution in [2.45, 2.75) is 131 Å². The standard InChI is InChI=1S/C75H86N16O15S3/c1-41-65(97)84-55(29-42-11-4-2-5-12-42)69(101)89-60(72(104)83-54(64(78)96)28-45-19-23-49(93)24-20-45)38-109-108-37-59(88-67(99)52(76)27-44-17-21-48(92)22-18-44)73(105)87-57(32-47-35-79-40-81-47)71(103)86-56(30-43-13-6-3-7-14-43)70(102)90-61-36-107-39-62(94)75(25-10-26-91(75)74(61)106)51(31-46-34-80-53-16-9-8-15-50(46)53)66(98)85-58(33-63(77)95)68(100)82-41/h2-9,11-24,34-35,40-41,51-52,54-61,80,92-93H,10,25-33,36-39,76H2,1H3,(H2,77,95)(H2,78,96)(H,79,81)(H,82,100)(H,83,104)(H,84,97)(H,85,98)(H,86,103)(H,87,105)(H,88,99)(H,89,101)(H,90,102)/t41-,51+,52-,54-,55-,56+,57-,58-,59-,60-,61+,75-/m0/s1. The fourth-order valence-corrected chi connectivity index (χ4v) is 16.7. The average molecular weight is 1550 g/mol. The second-order valence-corrected chi connectivity index (χ2v) is 30.5. The Morgan fingerprint density at radius 1 is 0.606 bits per heavy atom. The van der Waals surface area contributed by atoms with Crippen LogP contribution in [-0.2, 0) is 101 Å². The molecular weight excluding hydrogens is 1460 g/mol. The van der Waals surface area contributed by atoms with E-state index in [9.17, 15) is 39.0 Å². The number of nitrogens with two attached hydrogens (primary N) is 3. The summed E-state index contributed by atoms with van der Waals surface area (Å²) in [5.41, 5.74) is 19.8. The molecule has 0 spiro atoms. The van der Waals surface area contributed by atoms with Crippen LogP contribution in [0.2, 0.25) is 0 Å². The predicted molar refractivity (Wildman–Crippen MR) is 407 cm³/mol. The first kappa shape index (κ1) is 80.3. The molecule has 5 heterocycles.